The second-order valence-electron chi connectivity index (χ2n) is 7.31. The number of phenolic OH excluding ortho intramolecular Hbond substituents is 2. The smallest absolute Gasteiger partial charge is 0.129 e. The third kappa shape index (κ3) is 4.04. The first-order chi connectivity index (χ1) is 11.7. The molecule has 7 heteroatoms. The number of aromatic nitrogens is 3. The Hall–Kier alpha value is -2.28. The average Bonchev–Trinajstić information content (AvgIpc) is 2.87. The minimum absolute atomic E-state index is 0.0384. The standard InChI is InChI=1S/C18H21BrN4O2/c1-18(2,3)10-23-15-5-4-14(16(19)17(15)21-22-23)20-9-11-6-12(24)8-13(25)7-11/h4-8,20,24-25H,9-10H2,1-3H3. The first-order valence-electron chi connectivity index (χ1n) is 8.00. The molecular formula is C18H21BrN4O2. The fourth-order valence-electron chi connectivity index (χ4n) is 2.66. The van der Waals surface area contributed by atoms with Crippen molar-refractivity contribution in [2.24, 2.45) is 5.41 Å². The van der Waals surface area contributed by atoms with Gasteiger partial charge in [0.15, 0.2) is 0 Å². The molecule has 0 saturated carbocycles. The van der Waals surface area contributed by atoms with Gasteiger partial charge >= 0.3 is 0 Å². The van der Waals surface area contributed by atoms with Crippen molar-refractivity contribution in [2.75, 3.05) is 5.32 Å². The molecule has 0 spiro atoms. The predicted molar refractivity (Wildman–Crippen MR) is 102 cm³/mol. The lowest BCUT2D eigenvalue weighted by Crippen LogP contribution is -2.16. The van der Waals surface area contributed by atoms with Crippen molar-refractivity contribution in [2.45, 2.75) is 33.9 Å². The second-order valence-corrected chi connectivity index (χ2v) is 8.11. The summed E-state index contributed by atoms with van der Waals surface area (Å²) in [6, 6.07) is 8.49. The summed E-state index contributed by atoms with van der Waals surface area (Å²) < 4.78 is 2.76. The molecule has 3 N–H and O–H groups in total. The van der Waals surface area contributed by atoms with Crippen molar-refractivity contribution in [3.8, 4) is 11.5 Å². The lowest BCUT2D eigenvalue weighted by atomic mass is 9.97. The van der Waals surface area contributed by atoms with E-state index >= 15 is 0 Å². The summed E-state index contributed by atoms with van der Waals surface area (Å²) in [5.74, 6) is 0.0767. The quantitative estimate of drug-likeness (QED) is 0.604. The maximum Gasteiger partial charge on any atom is 0.129 e. The van der Waals surface area contributed by atoms with Gasteiger partial charge in [0, 0.05) is 19.2 Å². The van der Waals surface area contributed by atoms with Gasteiger partial charge < -0.3 is 15.5 Å². The second kappa shape index (κ2) is 6.55. The van der Waals surface area contributed by atoms with Crippen molar-refractivity contribution in [1.82, 2.24) is 15.0 Å². The maximum atomic E-state index is 9.56. The molecule has 0 fully saturated rings. The van der Waals surface area contributed by atoms with E-state index in [0.29, 0.717) is 6.54 Å². The van der Waals surface area contributed by atoms with Gasteiger partial charge in [0.25, 0.3) is 0 Å². The molecule has 6 nitrogen and oxygen atoms in total. The van der Waals surface area contributed by atoms with Crippen molar-refractivity contribution >= 4 is 32.7 Å². The van der Waals surface area contributed by atoms with Crippen LogP contribution in [0.2, 0.25) is 0 Å². The number of halogens is 1. The molecule has 0 aliphatic carbocycles. The van der Waals surface area contributed by atoms with Gasteiger partial charge in [-0.25, -0.2) is 4.68 Å². The fraction of sp³-hybridized carbons (Fsp3) is 0.333. The highest BCUT2D eigenvalue weighted by Crippen LogP contribution is 2.31. The van der Waals surface area contributed by atoms with Gasteiger partial charge in [0.2, 0.25) is 0 Å². The lowest BCUT2D eigenvalue weighted by Gasteiger charge is -2.18. The van der Waals surface area contributed by atoms with Crippen LogP contribution in [0.4, 0.5) is 5.69 Å². The molecule has 0 atom stereocenters. The molecule has 0 unspecified atom stereocenters. The summed E-state index contributed by atoms with van der Waals surface area (Å²) in [5.41, 5.74) is 3.54. The normalized spacial score (nSPS) is 11.8. The SMILES string of the molecule is CC(C)(C)Cn1nnc2c(Br)c(NCc3cc(O)cc(O)c3)ccc21. The third-order valence-electron chi connectivity index (χ3n) is 3.70. The zero-order chi connectivity index (χ0) is 18.2. The fourth-order valence-corrected chi connectivity index (χ4v) is 3.22. The first kappa shape index (κ1) is 17.5. The number of benzene rings is 2. The van der Waals surface area contributed by atoms with Gasteiger partial charge in [-0.3, -0.25) is 0 Å². The number of hydrogen-bond acceptors (Lipinski definition) is 5. The Morgan fingerprint density at radius 1 is 1.12 bits per heavy atom. The predicted octanol–water partition coefficient (Wildman–Crippen LogP) is 4.26. The number of fused-ring (bicyclic) bond motifs is 1. The van der Waals surface area contributed by atoms with Crippen LogP contribution < -0.4 is 5.32 Å². The zero-order valence-corrected chi connectivity index (χ0v) is 16.0. The van der Waals surface area contributed by atoms with E-state index in [4.69, 9.17) is 0 Å². The Balaban J connectivity index is 1.84. The number of aromatic hydroxyl groups is 2. The lowest BCUT2D eigenvalue weighted by molar-refractivity contribution is 0.327. The molecule has 3 aromatic rings. The van der Waals surface area contributed by atoms with Crippen LogP contribution in [0.25, 0.3) is 11.0 Å². The summed E-state index contributed by atoms with van der Waals surface area (Å²) >= 11 is 3.60. The first-order valence-corrected chi connectivity index (χ1v) is 8.80. The number of hydrogen-bond donors (Lipinski definition) is 3. The van der Waals surface area contributed by atoms with Gasteiger partial charge in [-0.2, -0.15) is 0 Å². The van der Waals surface area contributed by atoms with E-state index in [1.54, 1.807) is 12.1 Å². The minimum atomic E-state index is 0.0384. The highest BCUT2D eigenvalue weighted by molar-refractivity contribution is 9.10. The Morgan fingerprint density at radius 3 is 2.44 bits per heavy atom. The number of nitrogens with one attached hydrogen (secondary N) is 1. The summed E-state index contributed by atoms with van der Waals surface area (Å²) in [7, 11) is 0. The van der Waals surface area contributed by atoms with Gasteiger partial charge in [0.05, 0.1) is 15.7 Å². The van der Waals surface area contributed by atoms with Crippen molar-refractivity contribution in [3.05, 3.63) is 40.4 Å². The topological polar surface area (TPSA) is 83.2 Å². The Bertz CT molecular complexity index is 895. The van der Waals surface area contributed by atoms with Crippen molar-refractivity contribution in [3.63, 3.8) is 0 Å². The van der Waals surface area contributed by atoms with Crippen LogP contribution in [0.15, 0.2) is 34.8 Å². The largest absolute Gasteiger partial charge is 0.508 e. The van der Waals surface area contributed by atoms with Crippen molar-refractivity contribution in [1.29, 1.82) is 0 Å². The Morgan fingerprint density at radius 2 is 1.80 bits per heavy atom. The molecule has 0 radical (unpaired) electrons. The molecule has 132 valence electrons. The molecule has 0 aliphatic rings. The van der Waals surface area contributed by atoms with Crippen LogP contribution >= 0.6 is 15.9 Å². The van der Waals surface area contributed by atoms with E-state index in [1.165, 1.54) is 6.07 Å². The number of nitrogens with zero attached hydrogens (tertiary/aromatic N) is 3. The molecule has 1 aromatic heterocycles. The van der Waals surface area contributed by atoms with Crippen LogP contribution in [0.3, 0.4) is 0 Å². The van der Waals surface area contributed by atoms with Crippen LogP contribution in [-0.4, -0.2) is 25.2 Å². The number of rotatable bonds is 4. The molecule has 2 aromatic carbocycles. The minimum Gasteiger partial charge on any atom is -0.508 e. The van der Waals surface area contributed by atoms with E-state index in [-0.39, 0.29) is 16.9 Å². The summed E-state index contributed by atoms with van der Waals surface area (Å²) in [6.07, 6.45) is 0. The zero-order valence-electron chi connectivity index (χ0n) is 14.4. The van der Waals surface area contributed by atoms with Gasteiger partial charge in [-0.1, -0.05) is 26.0 Å². The molecule has 3 rings (SSSR count). The van der Waals surface area contributed by atoms with Crippen LogP contribution in [0.1, 0.15) is 26.3 Å². The van der Waals surface area contributed by atoms with Gasteiger partial charge in [-0.05, 0) is 51.2 Å². The number of anilines is 1. The average molecular weight is 405 g/mol. The van der Waals surface area contributed by atoms with E-state index in [0.717, 1.165) is 33.3 Å². The third-order valence-corrected chi connectivity index (χ3v) is 4.50. The highest BCUT2D eigenvalue weighted by Gasteiger charge is 2.17. The van der Waals surface area contributed by atoms with E-state index in [9.17, 15) is 10.2 Å². The molecule has 1 heterocycles. The molecule has 0 amide bonds. The molecule has 0 saturated heterocycles. The molecule has 0 aliphatic heterocycles. The van der Waals surface area contributed by atoms with E-state index in [1.807, 2.05) is 16.8 Å². The monoisotopic (exact) mass is 404 g/mol. The molecule has 25 heavy (non-hydrogen) atoms. The van der Waals surface area contributed by atoms with Crippen LogP contribution in [0, 0.1) is 5.41 Å². The van der Waals surface area contributed by atoms with E-state index < -0.39 is 0 Å². The Labute approximate surface area is 154 Å². The van der Waals surface area contributed by atoms with Crippen LogP contribution in [-0.2, 0) is 13.1 Å². The molecule has 0 bridgehead atoms. The van der Waals surface area contributed by atoms with E-state index in [2.05, 4.69) is 52.3 Å². The van der Waals surface area contributed by atoms with Gasteiger partial charge in [0.1, 0.15) is 17.0 Å². The number of phenols is 2. The van der Waals surface area contributed by atoms with Crippen molar-refractivity contribution < 1.29 is 10.2 Å². The summed E-state index contributed by atoms with van der Waals surface area (Å²) in [6.45, 7) is 7.73. The molecular weight excluding hydrogens is 384 g/mol. The van der Waals surface area contributed by atoms with Crippen LogP contribution in [0.5, 0.6) is 11.5 Å². The maximum absolute atomic E-state index is 9.56. The summed E-state index contributed by atoms with van der Waals surface area (Å²) in [4.78, 5) is 0. The summed E-state index contributed by atoms with van der Waals surface area (Å²) in [5, 5.41) is 31.0. The Kier molecular flexibility index (Phi) is 4.60. The van der Waals surface area contributed by atoms with Gasteiger partial charge in [-0.15, -0.1) is 5.10 Å². The highest BCUT2D eigenvalue weighted by atomic mass is 79.9.